The minimum atomic E-state index is -0.00656. The molecule has 2 rings (SSSR count). The van der Waals surface area contributed by atoms with Gasteiger partial charge in [-0.2, -0.15) is 0 Å². The molecule has 0 saturated carbocycles. The number of carbonyl (C=O) groups excluding carboxylic acids is 1. The van der Waals surface area contributed by atoms with Crippen molar-refractivity contribution in [3.05, 3.63) is 30.2 Å². The fraction of sp³-hybridized carbons (Fsp3) is 0.500. The smallest absolute Gasteiger partial charge is 0.241 e. The third kappa shape index (κ3) is 4.94. The normalized spacial score (nSPS) is 11.5. The van der Waals surface area contributed by atoms with E-state index in [1.165, 1.54) is 0 Å². The molecule has 0 fully saturated rings. The van der Waals surface area contributed by atoms with Crippen LogP contribution in [0.5, 0.6) is 0 Å². The fourth-order valence-electron chi connectivity index (χ4n) is 2.02. The van der Waals surface area contributed by atoms with Crippen molar-refractivity contribution in [2.24, 2.45) is 4.99 Å². The standard InChI is InChI=1S/C16H25N7O/c1-4-5-9-17-16(19-12-15(24)22(2)3)18-11-14-21-20-13-8-6-7-10-23(13)14/h6-8,10H,4-5,9,11-12H2,1-3H3,(H2,17,18,19). The fourth-order valence-corrected chi connectivity index (χ4v) is 2.02. The van der Waals surface area contributed by atoms with Crippen LogP contribution in [0.3, 0.4) is 0 Å². The first kappa shape index (κ1) is 17.7. The Morgan fingerprint density at radius 3 is 2.88 bits per heavy atom. The molecule has 0 aromatic carbocycles. The first-order chi connectivity index (χ1) is 11.6. The van der Waals surface area contributed by atoms with Gasteiger partial charge in [0.05, 0.1) is 6.54 Å². The maximum Gasteiger partial charge on any atom is 0.241 e. The van der Waals surface area contributed by atoms with Gasteiger partial charge in [0.1, 0.15) is 6.54 Å². The molecular formula is C16H25N7O. The second-order valence-corrected chi connectivity index (χ2v) is 5.63. The van der Waals surface area contributed by atoms with Gasteiger partial charge in [-0.05, 0) is 18.6 Å². The van der Waals surface area contributed by atoms with Gasteiger partial charge < -0.3 is 15.5 Å². The second kappa shape index (κ2) is 8.85. The highest BCUT2D eigenvalue weighted by atomic mass is 16.2. The van der Waals surface area contributed by atoms with Gasteiger partial charge in [-0.3, -0.25) is 9.20 Å². The quantitative estimate of drug-likeness (QED) is 0.442. The average molecular weight is 331 g/mol. The molecule has 0 saturated heterocycles. The zero-order valence-electron chi connectivity index (χ0n) is 14.5. The molecule has 2 aromatic rings. The van der Waals surface area contributed by atoms with Crippen molar-refractivity contribution in [3.8, 4) is 0 Å². The Kier molecular flexibility index (Phi) is 6.53. The van der Waals surface area contributed by atoms with E-state index in [1.807, 2.05) is 28.8 Å². The molecule has 2 heterocycles. The van der Waals surface area contributed by atoms with E-state index in [9.17, 15) is 4.79 Å². The Morgan fingerprint density at radius 2 is 2.12 bits per heavy atom. The third-order valence-electron chi connectivity index (χ3n) is 3.49. The monoisotopic (exact) mass is 331 g/mol. The van der Waals surface area contributed by atoms with Crippen molar-refractivity contribution >= 4 is 17.5 Å². The van der Waals surface area contributed by atoms with Crippen LogP contribution in [0.25, 0.3) is 5.65 Å². The number of nitrogens with zero attached hydrogens (tertiary/aromatic N) is 5. The summed E-state index contributed by atoms with van der Waals surface area (Å²) in [6.45, 7) is 3.51. The predicted octanol–water partition coefficient (Wildman–Crippen LogP) is 0.653. The SMILES string of the molecule is CCCCNC(=NCc1nnc2ccccn12)NCC(=O)N(C)C. The van der Waals surface area contributed by atoms with Crippen LogP contribution in [0.4, 0.5) is 0 Å². The number of aliphatic imine (C=N–C) groups is 1. The van der Waals surface area contributed by atoms with E-state index in [4.69, 9.17) is 0 Å². The van der Waals surface area contributed by atoms with E-state index in [0.717, 1.165) is 30.9 Å². The summed E-state index contributed by atoms with van der Waals surface area (Å²) in [7, 11) is 3.46. The molecule has 2 aromatic heterocycles. The highest BCUT2D eigenvalue weighted by Gasteiger charge is 2.07. The number of unbranched alkanes of at least 4 members (excludes halogenated alkanes) is 1. The highest BCUT2D eigenvalue weighted by Crippen LogP contribution is 2.03. The van der Waals surface area contributed by atoms with Crippen LogP contribution in [0.1, 0.15) is 25.6 Å². The van der Waals surface area contributed by atoms with E-state index in [1.54, 1.807) is 19.0 Å². The molecule has 0 aliphatic heterocycles. The molecule has 0 radical (unpaired) electrons. The lowest BCUT2D eigenvalue weighted by molar-refractivity contribution is -0.127. The summed E-state index contributed by atoms with van der Waals surface area (Å²) in [6.07, 6.45) is 4.04. The van der Waals surface area contributed by atoms with Gasteiger partial charge >= 0.3 is 0 Å². The summed E-state index contributed by atoms with van der Waals surface area (Å²) in [4.78, 5) is 17.8. The lowest BCUT2D eigenvalue weighted by atomic mass is 10.3. The number of likely N-dealkylation sites (N-methyl/N-ethyl adjacent to an activating group) is 1. The molecule has 24 heavy (non-hydrogen) atoms. The largest absolute Gasteiger partial charge is 0.356 e. The molecule has 0 unspecified atom stereocenters. The van der Waals surface area contributed by atoms with E-state index in [-0.39, 0.29) is 12.5 Å². The van der Waals surface area contributed by atoms with Crippen LogP contribution in [0, 0.1) is 0 Å². The summed E-state index contributed by atoms with van der Waals surface area (Å²) < 4.78 is 1.90. The molecule has 0 aliphatic rings. The van der Waals surface area contributed by atoms with E-state index in [0.29, 0.717) is 12.5 Å². The molecule has 0 aliphatic carbocycles. The number of pyridine rings is 1. The zero-order chi connectivity index (χ0) is 17.4. The van der Waals surface area contributed by atoms with Crippen molar-refractivity contribution < 1.29 is 4.79 Å². The number of aromatic nitrogens is 3. The third-order valence-corrected chi connectivity index (χ3v) is 3.49. The zero-order valence-corrected chi connectivity index (χ0v) is 14.5. The Hall–Kier alpha value is -2.64. The Labute approximate surface area is 142 Å². The van der Waals surface area contributed by atoms with Crippen molar-refractivity contribution in [2.75, 3.05) is 27.2 Å². The molecular weight excluding hydrogens is 306 g/mol. The summed E-state index contributed by atoms with van der Waals surface area (Å²) in [5, 5.41) is 14.6. The Morgan fingerprint density at radius 1 is 1.29 bits per heavy atom. The first-order valence-electron chi connectivity index (χ1n) is 8.12. The number of hydrogen-bond acceptors (Lipinski definition) is 4. The maximum atomic E-state index is 11.7. The molecule has 2 N–H and O–H groups in total. The summed E-state index contributed by atoms with van der Waals surface area (Å²) >= 11 is 0. The number of carbonyl (C=O) groups is 1. The van der Waals surface area contributed by atoms with Gasteiger partial charge in [-0.25, -0.2) is 4.99 Å². The van der Waals surface area contributed by atoms with Crippen LogP contribution >= 0.6 is 0 Å². The van der Waals surface area contributed by atoms with Gasteiger partial charge in [0, 0.05) is 26.8 Å². The number of nitrogens with one attached hydrogen (secondary N) is 2. The molecule has 0 atom stereocenters. The molecule has 1 amide bonds. The predicted molar refractivity (Wildman–Crippen MR) is 93.7 cm³/mol. The topological polar surface area (TPSA) is 86.9 Å². The lowest BCUT2D eigenvalue weighted by Crippen LogP contribution is -2.43. The van der Waals surface area contributed by atoms with Crippen LogP contribution in [0.2, 0.25) is 0 Å². The number of rotatable bonds is 7. The van der Waals surface area contributed by atoms with Gasteiger partial charge in [0.15, 0.2) is 17.4 Å². The van der Waals surface area contributed by atoms with Crippen molar-refractivity contribution in [1.29, 1.82) is 0 Å². The average Bonchev–Trinajstić information content (AvgIpc) is 2.99. The number of amides is 1. The number of guanidine groups is 1. The molecule has 0 spiro atoms. The Bertz CT molecular complexity index is 693. The van der Waals surface area contributed by atoms with Gasteiger partial charge in [-0.15, -0.1) is 10.2 Å². The van der Waals surface area contributed by atoms with Crippen LogP contribution in [0.15, 0.2) is 29.4 Å². The highest BCUT2D eigenvalue weighted by molar-refractivity contribution is 5.86. The van der Waals surface area contributed by atoms with E-state index in [2.05, 4.69) is 32.7 Å². The van der Waals surface area contributed by atoms with Gasteiger partial charge in [-0.1, -0.05) is 19.4 Å². The molecule has 8 nitrogen and oxygen atoms in total. The minimum absolute atomic E-state index is 0.00656. The molecule has 130 valence electrons. The van der Waals surface area contributed by atoms with Gasteiger partial charge in [0.25, 0.3) is 0 Å². The maximum absolute atomic E-state index is 11.7. The van der Waals surface area contributed by atoms with Crippen molar-refractivity contribution in [2.45, 2.75) is 26.3 Å². The molecule has 0 bridgehead atoms. The van der Waals surface area contributed by atoms with Crippen molar-refractivity contribution in [3.63, 3.8) is 0 Å². The van der Waals surface area contributed by atoms with E-state index >= 15 is 0 Å². The summed E-state index contributed by atoms with van der Waals surface area (Å²) in [6, 6.07) is 5.75. The number of hydrogen-bond donors (Lipinski definition) is 2. The van der Waals surface area contributed by atoms with Crippen LogP contribution < -0.4 is 10.6 Å². The Balaban J connectivity index is 2.04. The van der Waals surface area contributed by atoms with E-state index < -0.39 is 0 Å². The minimum Gasteiger partial charge on any atom is -0.356 e. The first-order valence-corrected chi connectivity index (χ1v) is 8.12. The number of fused-ring (bicyclic) bond motifs is 1. The van der Waals surface area contributed by atoms with Crippen molar-refractivity contribution in [1.82, 2.24) is 30.1 Å². The summed E-state index contributed by atoms with van der Waals surface area (Å²) in [5.41, 5.74) is 0.791. The second-order valence-electron chi connectivity index (χ2n) is 5.63. The van der Waals surface area contributed by atoms with Gasteiger partial charge in [0.2, 0.25) is 5.91 Å². The summed E-state index contributed by atoms with van der Waals surface area (Å²) in [5.74, 6) is 1.35. The molecule has 8 heteroatoms. The lowest BCUT2D eigenvalue weighted by Gasteiger charge is -2.14. The van der Waals surface area contributed by atoms with Crippen LogP contribution in [-0.2, 0) is 11.3 Å². The van der Waals surface area contributed by atoms with Crippen LogP contribution in [-0.4, -0.2) is 58.5 Å².